The largest absolute Gasteiger partial charge is 0.494 e. The van der Waals surface area contributed by atoms with Crippen LogP contribution in [-0.2, 0) is 6.54 Å². The lowest BCUT2D eigenvalue weighted by molar-refractivity contribution is 0.103. The number of ketones is 1. The Morgan fingerprint density at radius 3 is 2.06 bits per heavy atom. The highest BCUT2D eigenvalue weighted by Crippen LogP contribution is 2.42. The van der Waals surface area contributed by atoms with Gasteiger partial charge in [0, 0.05) is 10.9 Å². The minimum Gasteiger partial charge on any atom is -0.494 e. The van der Waals surface area contributed by atoms with E-state index in [9.17, 15) is 9.70 Å². The third-order valence-electron chi connectivity index (χ3n) is 4.79. The molecule has 3 rings (SSSR count). The predicted octanol–water partition coefficient (Wildman–Crippen LogP) is 4.16. The summed E-state index contributed by atoms with van der Waals surface area (Å²) >= 11 is 0. The molecule has 0 unspecified atom stereocenters. The fourth-order valence-electron chi connectivity index (χ4n) is 3.43. The van der Waals surface area contributed by atoms with Gasteiger partial charge in [-0.1, -0.05) is 0 Å². The van der Waals surface area contributed by atoms with E-state index in [1.54, 1.807) is 24.3 Å². The van der Waals surface area contributed by atoms with Crippen molar-refractivity contribution in [2.24, 2.45) is 5.18 Å². The zero-order chi connectivity index (χ0) is 22.7. The van der Waals surface area contributed by atoms with Gasteiger partial charge in [0.25, 0.3) is 0 Å². The second-order valence-electron chi connectivity index (χ2n) is 6.97. The maximum atomic E-state index is 13.6. The molecular formula is C22H24N2O7. The number of nitroso groups, excluding NO2 is 1. The molecule has 0 spiro atoms. The predicted molar refractivity (Wildman–Crippen MR) is 115 cm³/mol. The molecule has 0 saturated carbocycles. The molecule has 0 aliphatic rings. The maximum absolute atomic E-state index is 13.6. The van der Waals surface area contributed by atoms with Crippen LogP contribution in [0.15, 0.2) is 33.9 Å². The van der Waals surface area contributed by atoms with Crippen LogP contribution in [-0.4, -0.2) is 53.2 Å². The second kappa shape index (κ2) is 9.05. The van der Waals surface area contributed by atoms with Gasteiger partial charge >= 0.3 is 0 Å². The van der Waals surface area contributed by atoms with Gasteiger partial charge in [0.15, 0.2) is 34.3 Å². The van der Waals surface area contributed by atoms with Crippen molar-refractivity contribution in [3.63, 3.8) is 0 Å². The van der Waals surface area contributed by atoms with Crippen LogP contribution in [0.4, 0.5) is 5.69 Å². The molecule has 164 valence electrons. The van der Waals surface area contributed by atoms with Crippen molar-refractivity contribution in [2.75, 3.05) is 42.5 Å². The topological polar surface area (TPSA) is 99.8 Å². The second-order valence-corrected chi connectivity index (χ2v) is 6.97. The lowest BCUT2D eigenvalue weighted by Gasteiger charge is -2.14. The molecule has 2 aromatic carbocycles. The van der Waals surface area contributed by atoms with E-state index >= 15 is 0 Å². The van der Waals surface area contributed by atoms with Gasteiger partial charge in [-0.05, 0) is 43.5 Å². The highest BCUT2D eigenvalue weighted by Gasteiger charge is 2.27. The Bertz CT molecular complexity index is 1110. The summed E-state index contributed by atoms with van der Waals surface area (Å²) in [4.78, 5) is 27.0. The number of nitrogens with zero attached hydrogens (tertiary/aromatic N) is 2. The summed E-state index contributed by atoms with van der Waals surface area (Å²) < 4.78 is 27.2. The van der Waals surface area contributed by atoms with Gasteiger partial charge < -0.3 is 28.3 Å². The molecular weight excluding hydrogens is 404 g/mol. The summed E-state index contributed by atoms with van der Waals surface area (Å²) in [5.74, 6) is 1.42. The summed E-state index contributed by atoms with van der Waals surface area (Å²) in [5.41, 5.74) is 0.838. The highest BCUT2D eigenvalue weighted by atomic mass is 16.5. The van der Waals surface area contributed by atoms with E-state index in [1.165, 1.54) is 28.4 Å². The summed E-state index contributed by atoms with van der Waals surface area (Å²) in [5, 5.41) is 3.53. The Kier molecular flexibility index (Phi) is 6.45. The first-order chi connectivity index (χ1) is 14.9. The van der Waals surface area contributed by atoms with Crippen molar-refractivity contribution in [3.8, 4) is 23.0 Å². The van der Waals surface area contributed by atoms with E-state index in [1.807, 2.05) is 19.0 Å². The molecule has 0 fully saturated rings. The molecule has 0 amide bonds. The Morgan fingerprint density at radius 1 is 0.968 bits per heavy atom. The van der Waals surface area contributed by atoms with Gasteiger partial charge in [-0.2, -0.15) is 0 Å². The number of benzene rings is 2. The number of hydrogen-bond donors (Lipinski definition) is 0. The van der Waals surface area contributed by atoms with Crippen molar-refractivity contribution in [1.29, 1.82) is 0 Å². The first-order valence-corrected chi connectivity index (χ1v) is 9.35. The number of fused-ring (bicyclic) bond motifs is 1. The molecule has 0 aliphatic heterocycles. The number of carbonyl (C=O) groups excluding carboxylic acids is 1. The van der Waals surface area contributed by atoms with Gasteiger partial charge in [0.1, 0.15) is 5.76 Å². The van der Waals surface area contributed by atoms with Crippen molar-refractivity contribution in [3.05, 3.63) is 46.1 Å². The lowest BCUT2D eigenvalue weighted by atomic mass is 9.98. The normalized spacial score (nSPS) is 10.9. The Hall–Kier alpha value is -3.59. The quantitative estimate of drug-likeness (QED) is 0.370. The first kappa shape index (κ1) is 22.1. The molecule has 0 saturated heterocycles. The van der Waals surface area contributed by atoms with Crippen LogP contribution in [0.2, 0.25) is 0 Å². The smallest absolute Gasteiger partial charge is 0.203 e. The molecule has 0 atom stereocenters. The molecule has 3 aromatic rings. The molecule has 9 heteroatoms. The number of ether oxygens (including phenoxy) is 4. The average molecular weight is 428 g/mol. The molecule has 0 radical (unpaired) electrons. The van der Waals surface area contributed by atoms with Gasteiger partial charge in [-0.3, -0.25) is 4.79 Å². The minimum absolute atomic E-state index is 0.00366. The Balaban J connectivity index is 2.28. The van der Waals surface area contributed by atoms with Crippen LogP contribution < -0.4 is 18.9 Å². The molecule has 1 aromatic heterocycles. The summed E-state index contributed by atoms with van der Waals surface area (Å²) in [6.07, 6.45) is 0. The maximum Gasteiger partial charge on any atom is 0.203 e. The van der Waals surface area contributed by atoms with Crippen molar-refractivity contribution < 1.29 is 28.2 Å². The molecule has 0 aliphatic carbocycles. The standard InChI is InChI=1S/C22H24N2O7/c1-24(2)11-17-18(13-7-8-14(27-3)19(23-26)21(13)31-17)20(25)12-9-15(28-4)22(30-6)16(10-12)29-5/h7-10H,11H2,1-6H3. The molecule has 9 nitrogen and oxygen atoms in total. The van der Waals surface area contributed by atoms with Crippen LogP contribution in [0.5, 0.6) is 23.0 Å². The van der Waals surface area contributed by atoms with Gasteiger partial charge in [-0.25, -0.2) is 0 Å². The van der Waals surface area contributed by atoms with Gasteiger partial charge in [0.2, 0.25) is 5.75 Å². The molecule has 31 heavy (non-hydrogen) atoms. The zero-order valence-corrected chi connectivity index (χ0v) is 18.3. The monoisotopic (exact) mass is 428 g/mol. The zero-order valence-electron chi connectivity index (χ0n) is 18.3. The van der Waals surface area contributed by atoms with E-state index in [2.05, 4.69) is 5.18 Å². The molecule has 1 heterocycles. The van der Waals surface area contributed by atoms with Gasteiger partial charge in [0.05, 0.1) is 40.5 Å². The minimum atomic E-state index is -0.322. The van der Waals surface area contributed by atoms with E-state index in [4.69, 9.17) is 23.4 Å². The van der Waals surface area contributed by atoms with Crippen LogP contribution in [0.1, 0.15) is 21.7 Å². The Labute approximate surface area is 179 Å². The summed E-state index contributed by atoms with van der Waals surface area (Å²) in [6.45, 7) is 0.334. The highest BCUT2D eigenvalue weighted by molar-refractivity contribution is 6.18. The number of furan rings is 1. The SMILES string of the molecule is COc1cc(C(=O)c2c(CN(C)C)oc3c(N=O)c(OC)ccc23)cc(OC)c1OC. The first-order valence-electron chi connectivity index (χ1n) is 9.35. The van der Waals surface area contributed by atoms with E-state index in [0.29, 0.717) is 46.1 Å². The van der Waals surface area contributed by atoms with Gasteiger partial charge in [-0.15, -0.1) is 4.91 Å². The van der Waals surface area contributed by atoms with Crippen LogP contribution >= 0.6 is 0 Å². The summed E-state index contributed by atoms with van der Waals surface area (Å²) in [7, 11) is 9.57. The molecule has 0 N–H and O–H groups in total. The van der Waals surface area contributed by atoms with Crippen LogP contribution in [0.3, 0.4) is 0 Å². The summed E-state index contributed by atoms with van der Waals surface area (Å²) in [6, 6.07) is 6.41. The number of carbonyl (C=O) groups is 1. The number of methoxy groups -OCH3 is 4. The fourth-order valence-corrected chi connectivity index (χ4v) is 3.43. The van der Waals surface area contributed by atoms with E-state index < -0.39 is 0 Å². The fraction of sp³-hybridized carbons (Fsp3) is 0.318. The van der Waals surface area contributed by atoms with Crippen LogP contribution in [0, 0.1) is 4.91 Å². The Morgan fingerprint density at radius 2 is 1.58 bits per heavy atom. The van der Waals surface area contributed by atoms with Crippen molar-refractivity contribution >= 4 is 22.4 Å². The molecule has 0 bridgehead atoms. The lowest BCUT2D eigenvalue weighted by Crippen LogP contribution is -2.13. The van der Waals surface area contributed by atoms with Crippen molar-refractivity contribution in [1.82, 2.24) is 4.90 Å². The average Bonchev–Trinajstić information content (AvgIpc) is 3.13. The van der Waals surface area contributed by atoms with E-state index in [-0.39, 0.29) is 22.8 Å². The van der Waals surface area contributed by atoms with E-state index in [0.717, 1.165) is 0 Å². The third-order valence-corrected chi connectivity index (χ3v) is 4.79. The third kappa shape index (κ3) is 3.91. The number of rotatable bonds is 9. The van der Waals surface area contributed by atoms with Crippen molar-refractivity contribution in [2.45, 2.75) is 6.54 Å². The number of hydrogen-bond acceptors (Lipinski definition) is 9. The van der Waals surface area contributed by atoms with Crippen LogP contribution in [0.25, 0.3) is 11.0 Å².